The van der Waals surface area contributed by atoms with Crippen molar-refractivity contribution in [2.75, 3.05) is 26.2 Å². The fraction of sp³-hybridized carbons (Fsp3) is 0.375. The summed E-state index contributed by atoms with van der Waals surface area (Å²) in [6, 6.07) is 10.2. The number of imide groups is 1. The number of benzene rings is 2. The van der Waals surface area contributed by atoms with Gasteiger partial charge in [-0.15, -0.1) is 0 Å². The molecule has 33 heavy (non-hydrogen) atoms. The molecule has 0 saturated carbocycles. The zero-order valence-electron chi connectivity index (χ0n) is 19.4. The lowest BCUT2D eigenvalue weighted by atomic mass is 9.95. The van der Waals surface area contributed by atoms with Crippen molar-refractivity contribution in [3.63, 3.8) is 0 Å². The van der Waals surface area contributed by atoms with E-state index in [-0.39, 0.29) is 24.3 Å². The van der Waals surface area contributed by atoms with E-state index in [1.807, 2.05) is 26.0 Å². The first-order valence-electron chi connectivity index (χ1n) is 10.6. The number of anilines is 1. The van der Waals surface area contributed by atoms with Crippen LogP contribution in [-0.4, -0.2) is 45.2 Å². The largest absolute Gasteiger partial charge is 0.497 e. The van der Waals surface area contributed by atoms with E-state index in [2.05, 4.69) is 10.6 Å². The molecule has 9 nitrogen and oxygen atoms in total. The molecule has 1 aliphatic rings. The summed E-state index contributed by atoms with van der Waals surface area (Å²) in [5.41, 5.74) is 1.25. The van der Waals surface area contributed by atoms with Gasteiger partial charge in [0.1, 0.15) is 11.8 Å². The predicted octanol–water partition coefficient (Wildman–Crippen LogP) is 3.04. The molecule has 1 saturated heterocycles. The highest BCUT2D eigenvalue weighted by atomic mass is 16.5. The summed E-state index contributed by atoms with van der Waals surface area (Å²) in [5, 5.41) is 5.58. The van der Waals surface area contributed by atoms with E-state index in [0.717, 1.165) is 10.5 Å². The van der Waals surface area contributed by atoms with E-state index in [4.69, 9.17) is 14.2 Å². The SMILES string of the molecule is COc1ccc(N2C(=O)N[C@@H](CC(=O)N[C@@H](c3ccc(OC)c(OC)c3)C(C)C)C2=O)cc1. The Kier molecular flexibility index (Phi) is 7.42. The Morgan fingerprint density at radius 2 is 1.67 bits per heavy atom. The Hall–Kier alpha value is -3.75. The molecule has 176 valence electrons. The molecule has 0 unspecified atom stereocenters. The molecule has 0 radical (unpaired) electrons. The van der Waals surface area contributed by atoms with E-state index in [0.29, 0.717) is 22.9 Å². The van der Waals surface area contributed by atoms with Gasteiger partial charge in [0, 0.05) is 0 Å². The van der Waals surface area contributed by atoms with Crippen molar-refractivity contribution in [1.29, 1.82) is 0 Å². The lowest BCUT2D eigenvalue weighted by Crippen LogP contribution is -2.39. The highest BCUT2D eigenvalue weighted by molar-refractivity contribution is 6.22. The van der Waals surface area contributed by atoms with Crippen LogP contribution < -0.4 is 29.7 Å². The second-order valence-electron chi connectivity index (χ2n) is 7.98. The molecule has 2 atom stereocenters. The smallest absolute Gasteiger partial charge is 0.329 e. The topological polar surface area (TPSA) is 106 Å². The lowest BCUT2D eigenvalue weighted by molar-refractivity contribution is -0.126. The van der Waals surface area contributed by atoms with Crippen molar-refractivity contribution in [1.82, 2.24) is 10.6 Å². The third kappa shape index (κ3) is 5.19. The molecule has 0 spiro atoms. The Balaban J connectivity index is 1.71. The molecular formula is C24H29N3O6. The van der Waals surface area contributed by atoms with Gasteiger partial charge < -0.3 is 24.8 Å². The van der Waals surface area contributed by atoms with Crippen LogP contribution in [0.1, 0.15) is 31.9 Å². The third-order valence-corrected chi connectivity index (χ3v) is 5.49. The van der Waals surface area contributed by atoms with E-state index in [9.17, 15) is 14.4 Å². The molecule has 0 bridgehead atoms. The van der Waals surface area contributed by atoms with Gasteiger partial charge in [0.2, 0.25) is 5.91 Å². The molecule has 3 rings (SSSR count). The second-order valence-corrected chi connectivity index (χ2v) is 7.98. The van der Waals surface area contributed by atoms with Crippen molar-refractivity contribution in [2.45, 2.75) is 32.4 Å². The number of carbonyl (C=O) groups is 3. The molecule has 1 fully saturated rings. The number of nitrogens with zero attached hydrogens (tertiary/aromatic N) is 1. The Bertz CT molecular complexity index is 1020. The average molecular weight is 456 g/mol. The van der Waals surface area contributed by atoms with Crippen LogP contribution in [-0.2, 0) is 9.59 Å². The summed E-state index contributed by atoms with van der Waals surface area (Å²) in [6.07, 6.45) is -0.173. The number of urea groups is 1. The summed E-state index contributed by atoms with van der Waals surface area (Å²) in [5.74, 6) is 0.996. The van der Waals surface area contributed by atoms with Crippen LogP contribution in [0.3, 0.4) is 0 Å². The molecule has 4 amide bonds. The number of ether oxygens (including phenoxy) is 3. The fourth-order valence-corrected chi connectivity index (χ4v) is 3.74. The number of hydrogen-bond acceptors (Lipinski definition) is 6. The zero-order valence-corrected chi connectivity index (χ0v) is 19.4. The van der Waals surface area contributed by atoms with Crippen LogP contribution >= 0.6 is 0 Å². The first-order valence-corrected chi connectivity index (χ1v) is 10.6. The van der Waals surface area contributed by atoms with Gasteiger partial charge in [0.15, 0.2) is 11.5 Å². The molecule has 2 aromatic carbocycles. The predicted molar refractivity (Wildman–Crippen MR) is 123 cm³/mol. The summed E-state index contributed by atoms with van der Waals surface area (Å²) in [7, 11) is 4.64. The fourth-order valence-electron chi connectivity index (χ4n) is 3.74. The maximum atomic E-state index is 12.9. The quantitative estimate of drug-likeness (QED) is 0.563. The maximum absolute atomic E-state index is 12.9. The van der Waals surface area contributed by atoms with E-state index >= 15 is 0 Å². The number of amides is 4. The van der Waals surface area contributed by atoms with Crippen LogP contribution in [0, 0.1) is 5.92 Å². The van der Waals surface area contributed by atoms with Gasteiger partial charge in [-0.1, -0.05) is 19.9 Å². The number of hydrogen-bond donors (Lipinski definition) is 2. The number of methoxy groups -OCH3 is 3. The van der Waals surface area contributed by atoms with Crippen LogP contribution in [0.5, 0.6) is 17.2 Å². The standard InChI is InChI=1S/C24H29N3O6/c1-14(2)22(15-6-11-19(32-4)20(12-15)33-5)26-21(28)13-18-23(29)27(24(30)25-18)16-7-9-17(31-3)10-8-16/h6-12,14,18,22H,13H2,1-5H3,(H,25,30)(H,26,28)/t18-,22+/m0/s1. The van der Waals surface area contributed by atoms with Gasteiger partial charge in [-0.25, -0.2) is 9.69 Å². The van der Waals surface area contributed by atoms with Crippen LogP contribution in [0.15, 0.2) is 42.5 Å². The highest BCUT2D eigenvalue weighted by Crippen LogP contribution is 2.32. The van der Waals surface area contributed by atoms with E-state index in [1.54, 1.807) is 44.6 Å². The normalized spacial score (nSPS) is 16.4. The Labute approximate surface area is 193 Å². The molecule has 2 N–H and O–H groups in total. The minimum atomic E-state index is -0.946. The summed E-state index contributed by atoms with van der Waals surface area (Å²) >= 11 is 0. The Morgan fingerprint density at radius 1 is 1.00 bits per heavy atom. The number of nitrogens with one attached hydrogen (secondary N) is 2. The van der Waals surface area contributed by atoms with Crippen molar-refractivity contribution < 1.29 is 28.6 Å². The summed E-state index contributed by atoms with van der Waals surface area (Å²) in [4.78, 5) is 39.1. The third-order valence-electron chi connectivity index (χ3n) is 5.49. The average Bonchev–Trinajstić information content (AvgIpc) is 3.09. The van der Waals surface area contributed by atoms with Crippen LogP contribution in [0.25, 0.3) is 0 Å². The van der Waals surface area contributed by atoms with Crippen LogP contribution in [0.2, 0.25) is 0 Å². The summed E-state index contributed by atoms with van der Waals surface area (Å²) < 4.78 is 15.8. The Morgan fingerprint density at radius 3 is 2.24 bits per heavy atom. The first-order chi connectivity index (χ1) is 15.8. The minimum absolute atomic E-state index is 0.0664. The molecule has 0 aliphatic carbocycles. The van der Waals surface area contributed by atoms with Crippen molar-refractivity contribution >= 4 is 23.5 Å². The van der Waals surface area contributed by atoms with Gasteiger partial charge in [0.05, 0.1) is 39.5 Å². The minimum Gasteiger partial charge on any atom is -0.497 e. The van der Waals surface area contributed by atoms with Gasteiger partial charge in [-0.3, -0.25) is 9.59 Å². The monoisotopic (exact) mass is 455 g/mol. The summed E-state index contributed by atoms with van der Waals surface area (Å²) in [6.45, 7) is 3.96. The van der Waals surface area contributed by atoms with Crippen molar-refractivity contribution in [3.8, 4) is 17.2 Å². The zero-order chi connectivity index (χ0) is 24.1. The molecule has 1 heterocycles. The van der Waals surface area contributed by atoms with E-state index < -0.39 is 18.0 Å². The van der Waals surface area contributed by atoms with Gasteiger partial charge in [-0.05, 0) is 47.9 Å². The lowest BCUT2D eigenvalue weighted by Gasteiger charge is -2.24. The molecule has 1 aliphatic heterocycles. The molecule has 2 aromatic rings. The van der Waals surface area contributed by atoms with E-state index in [1.165, 1.54) is 7.11 Å². The van der Waals surface area contributed by atoms with Gasteiger partial charge in [-0.2, -0.15) is 0 Å². The maximum Gasteiger partial charge on any atom is 0.329 e. The van der Waals surface area contributed by atoms with Crippen molar-refractivity contribution in [3.05, 3.63) is 48.0 Å². The second kappa shape index (κ2) is 10.2. The molecule has 9 heteroatoms. The molecule has 0 aromatic heterocycles. The number of rotatable bonds is 9. The number of carbonyl (C=O) groups excluding carboxylic acids is 3. The van der Waals surface area contributed by atoms with Crippen molar-refractivity contribution in [2.24, 2.45) is 5.92 Å². The van der Waals surface area contributed by atoms with Crippen LogP contribution in [0.4, 0.5) is 10.5 Å². The first kappa shape index (κ1) is 23.9. The van der Waals surface area contributed by atoms with Gasteiger partial charge in [0.25, 0.3) is 5.91 Å². The van der Waals surface area contributed by atoms with Gasteiger partial charge >= 0.3 is 6.03 Å². The molecular weight excluding hydrogens is 426 g/mol. The highest BCUT2D eigenvalue weighted by Gasteiger charge is 2.40.